The molecule has 8 heteroatoms. The van der Waals surface area contributed by atoms with Crippen molar-refractivity contribution >= 4 is 30.3 Å². The average Bonchev–Trinajstić information content (AvgIpc) is 3.06. The first-order valence-corrected chi connectivity index (χ1v) is 10.2. The van der Waals surface area contributed by atoms with Crippen molar-refractivity contribution in [2.45, 2.75) is 20.0 Å². The Hall–Kier alpha value is -2.29. The van der Waals surface area contributed by atoms with Crippen molar-refractivity contribution in [3.63, 3.8) is 0 Å². The lowest BCUT2D eigenvalue weighted by Gasteiger charge is -2.34. The van der Waals surface area contributed by atoms with E-state index in [1.165, 1.54) is 0 Å². The highest BCUT2D eigenvalue weighted by Crippen LogP contribution is 2.07. The molecule has 150 valence electrons. The van der Waals surface area contributed by atoms with Gasteiger partial charge in [0.15, 0.2) is 0 Å². The first kappa shape index (κ1) is 20.4. The normalized spacial score (nSPS) is 15.9. The van der Waals surface area contributed by atoms with E-state index in [2.05, 4.69) is 32.1 Å². The lowest BCUT2D eigenvalue weighted by atomic mass is 10.2. The number of nitrogens with zero attached hydrogens (tertiary/aromatic N) is 4. The van der Waals surface area contributed by atoms with Crippen LogP contribution in [0.25, 0.3) is 12.2 Å². The zero-order valence-electron chi connectivity index (χ0n) is 16.3. The molecular weight excluding hydrogens is 372 g/mol. The van der Waals surface area contributed by atoms with E-state index in [-0.39, 0.29) is 5.91 Å². The minimum atomic E-state index is 0.112. The minimum absolute atomic E-state index is 0.112. The molecule has 1 aliphatic heterocycles. The Morgan fingerprint density at radius 2 is 1.89 bits per heavy atom. The third-order valence-corrected chi connectivity index (χ3v) is 4.99. The molecule has 1 saturated heterocycles. The van der Waals surface area contributed by atoms with Crippen molar-refractivity contribution in [2.24, 2.45) is 0 Å². The third kappa shape index (κ3) is 6.12. The van der Waals surface area contributed by atoms with Gasteiger partial charge in [-0.05, 0) is 30.3 Å². The molecule has 0 atom stereocenters. The van der Waals surface area contributed by atoms with Crippen molar-refractivity contribution in [1.82, 2.24) is 29.9 Å². The molecule has 1 aliphatic rings. The molecule has 0 aliphatic carbocycles. The Morgan fingerprint density at radius 1 is 1.18 bits per heavy atom. The molecule has 2 heterocycles. The van der Waals surface area contributed by atoms with Crippen molar-refractivity contribution in [2.75, 3.05) is 39.3 Å². The Morgan fingerprint density at radius 3 is 2.61 bits per heavy atom. The summed E-state index contributed by atoms with van der Waals surface area (Å²) in [6.45, 7) is 7.52. The van der Waals surface area contributed by atoms with Crippen LogP contribution in [0.15, 0.2) is 30.3 Å². The molecule has 1 aromatic heterocycles. The van der Waals surface area contributed by atoms with E-state index in [9.17, 15) is 4.79 Å². The summed E-state index contributed by atoms with van der Waals surface area (Å²) in [5, 5.41) is 6.19. The van der Waals surface area contributed by atoms with Crippen molar-refractivity contribution in [3.05, 3.63) is 46.5 Å². The fraction of sp³-hybridized carbons (Fsp3) is 0.450. The van der Waals surface area contributed by atoms with Gasteiger partial charge >= 0.3 is 0 Å². The van der Waals surface area contributed by atoms with Gasteiger partial charge in [0, 0.05) is 32.7 Å². The number of carbonyl (C=O) groups excluding carboxylic acids is 1. The van der Waals surface area contributed by atoms with Gasteiger partial charge in [0.05, 0.1) is 13.2 Å². The summed E-state index contributed by atoms with van der Waals surface area (Å²) in [5.41, 5.74) is 1.12. The molecule has 3 rings (SSSR count). The topological polar surface area (TPSA) is 69.2 Å². The van der Waals surface area contributed by atoms with E-state index >= 15 is 0 Å². The third-order valence-electron chi connectivity index (χ3n) is 4.68. The van der Waals surface area contributed by atoms with Gasteiger partial charge in [-0.1, -0.05) is 43.3 Å². The minimum Gasteiger partial charge on any atom is -0.355 e. The maximum Gasteiger partial charge on any atom is 0.234 e. The van der Waals surface area contributed by atoms with Crippen LogP contribution < -0.4 is 5.32 Å². The lowest BCUT2D eigenvalue weighted by molar-refractivity contribution is -0.122. The van der Waals surface area contributed by atoms with E-state index < -0.39 is 0 Å². The fourth-order valence-corrected chi connectivity index (χ4v) is 3.30. The highest BCUT2D eigenvalue weighted by molar-refractivity contribution is 7.71. The highest BCUT2D eigenvalue weighted by Gasteiger charge is 2.19. The number of rotatable bonds is 8. The standard InChI is InChI=1S/C20H28N6OS/c1-2-10-21-19(27)15-24-11-13-25(14-12-24)16-26-20(28)22-18(23-26)9-8-17-6-4-3-5-7-17/h3-9H,2,10-16H2,1H3,(H,21,27)(H,22,23,28)/b9-8+. The summed E-state index contributed by atoms with van der Waals surface area (Å²) in [6.07, 6.45) is 4.92. The van der Waals surface area contributed by atoms with Gasteiger partial charge in [-0.3, -0.25) is 19.7 Å². The van der Waals surface area contributed by atoms with Gasteiger partial charge in [0.2, 0.25) is 10.7 Å². The lowest BCUT2D eigenvalue weighted by Crippen LogP contribution is -2.49. The van der Waals surface area contributed by atoms with Crippen molar-refractivity contribution in [1.29, 1.82) is 0 Å². The second-order valence-electron chi connectivity index (χ2n) is 6.95. The van der Waals surface area contributed by atoms with Gasteiger partial charge in [-0.25, -0.2) is 4.68 Å². The summed E-state index contributed by atoms with van der Waals surface area (Å²) in [4.78, 5) is 20.8. The van der Waals surface area contributed by atoms with E-state index in [0.29, 0.717) is 18.0 Å². The monoisotopic (exact) mass is 400 g/mol. The molecule has 1 aromatic carbocycles. The largest absolute Gasteiger partial charge is 0.355 e. The number of hydrogen-bond donors (Lipinski definition) is 2. The molecule has 1 amide bonds. The number of amides is 1. The summed E-state index contributed by atoms with van der Waals surface area (Å²) in [5.74, 6) is 0.862. The van der Waals surface area contributed by atoms with Crippen LogP contribution in [0.1, 0.15) is 24.7 Å². The Labute approximate surface area is 171 Å². The number of piperazine rings is 1. The van der Waals surface area contributed by atoms with Gasteiger partial charge in [-0.2, -0.15) is 4.98 Å². The van der Waals surface area contributed by atoms with Gasteiger partial charge in [0.25, 0.3) is 0 Å². The molecule has 0 unspecified atom stereocenters. The van der Waals surface area contributed by atoms with Gasteiger partial charge in [-0.15, -0.1) is 0 Å². The van der Waals surface area contributed by atoms with Crippen LogP contribution in [0.4, 0.5) is 0 Å². The second kappa shape index (κ2) is 10.3. The highest BCUT2D eigenvalue weighted by atomic mass is 32.1. The Kier molecular flexibility index (Phi) is 7.53. The van der Waals surface area contributed by atoms with Crippen LogP contribution in [0.2, 0.25) is 0 Å². The van der Waals surface area contributed by atoms with Crippen molar-refractivity contribution in [3.8, 4) is 0 Å². The van der Waals surface area contributed by atoms with Crippen LogP contribution in [0.5, 0.6) is 0 Å². The zero-order valence-corrected chi connectivity index (χ0v) is 17.1. The van der Waals surface area contributed by atoms with E-state index in [0.717, 1.165) is 50.5 Å². The number of aromatic nitrogens is 3. The summed E-state index contributed by atoms with van der Waals surface area (Å²) < 4.78 is 2.44. The molecule has 0 saturated carbocycles. The van der Waals surface area contributed by atoms with Crippen LogP contribution in [-0.4, -0.2) is 69.7 Å². The summed E-state index contributed by atoms with van der Waals surface area (Å²) >= 11 is 5.39. The quantitative estimate of drug-likeness (QED) is 0.665. The molecule has 1 fully saturated rings. The van der Waals surface area contributed by atoms with E-state index in [4.69, 9.17) is 12.2 Å². The Bertz CT molecular complexity index is 836. The Balaban J connectivity index is 1.49. The maximum absolute atomic E-state index is 11.9. The maximum atomic E-state index is 11.9. The number of aromatic amines is 1. The molecule has 0 bridgehead atoms. The predicted molar refractivity (Wildman–Crippen MR) is 114 cm³/mol. The number of benzene rings is 1. The fourth-order valence-electron chi connectivity index (χ4n) is 3.10. The molecular formula is C20H28N6OS. The first-order chi connectivity index (χ1) is 13.6. The molecule has 0 radical (unpaired) electrons. The molecule has 2 N–H and O–H groups in total. The molecule has 7 nitrogen and oxygen atoms in total. The first-order valence-electron chi connectivity index (χ1n) is 9.75. The SMILES string of the molecule is CCCNC(=O)CN1CCN(Cn2[nH]c(/C=C/c3ccccc3)nc2=S)CC1. The number of H-pyrrole nitrogens is 1. The molecule has 0 spiro atoms. The van der Waals surface area contributed by atoms with Crippen LogP contribution in [-0.2, 0) is 11.5 Å². The van der Waals surface area contributed by atoms with E-state index in [1.54, 1.807) is 0 Å². The van der Waals surface area contributed by atoms with Crippen molar-refractivity contribution < 1.29 is 4.79 Å². The number of nitrogens with one attached hydrogen (secondary N) is 2. The molecule has 28 heavy (non-hydrogen) atoms. The zero-order chi connectivity index (χ0) is 19.8. The number of carbonyl (C=O) groups is 1. The smallest absolute Gasteiger partial charge is 0.234 e. The van der Waals surface area contributed by atoms with Crippen LogP contribution in [0, 0.1) is 4.77 Å². The second-order valence-corrected chi connectivity index (χ2v) is 7.31. The predicted octanol–water partition coefficient (Wildman–Crippen LogP) is 2.21. The van der Waals surface area contributed by atoms with Gasteiger partial charge < -0.3 is 5.32 Å². The molecule has 2 aromatic rings. The van der Waals surface area contributed by atoms with Gasteiger partial charge in [0.1, 0.15) is 5.82 Å². The summed E-state index contributed by atoms with van der Waals surface area (Å²) in [7, 11) is 0. The summed E-state index contributed by atoms with van der Waals surface area (Å²) in [6, 6.07) is 10.1. The van der Waals surface area contributed by atoms with Crippen LogP contribution >= 0.6 is 12.2 Å². The average molecular weight is 401 g/mol. The van der Waals surface area contributed by atoms with E-state index in [1.807, 2.05) is 47.2 Å². The van der Waals surface area contributed by atoms with Crippen LogP contribution in [0.3, 0.4) is 0 Å². The number of hydrogen-bond acceptors (Lipinski definition) is 5.